The topological polar surface area (TPSA) is 142 Å². The summed E-state index contributed by atoms with van der Waals surface area (Å²) in [5, 5.41) is 30.2. The van der Waals surface area contributed by atoms with Gasteiger partial charge in [-0.2, -0.15) is 0 Å². The van der Waals surface area contributed by atoms with Crippen molar-refractivity contribution >= 4 is 29.6 Å². The van der Waals surface area contributed by atoms with Gasteiger partial charge in [0.25, 0.3) is 0 Å². The normalized spacial score (nSPS) is 20.1. The van der Waals surface area contributed by atoms with Gasteiger partial charge in [0.1, 0.15) is 0 Å². The Kier molecular flexibility index (Phi) is 11.1. The highest BCUT2D eigenvalue weighted by Gasteiger charge is 2.38. The highest BCUT2D eigenvalue weighted by molar-refractivity contribution is 7.99. The summed E-state index contributed by atoms with van der Waals surface area (Å²) in [6.45, 7) is 2.37. The zero-order chi connectivity index (χ0) is 30.1. The fourth-order valence-corrected chi connectivity index (χ4v) is 5.73. The van der Waals surface area contributed by atoms with E-state index in [2.05, 4.69) is 12.2 Å². The molecule has 0 saturated carbocycles. The van der Waals surface area contributed by atoms with Crippen LogP contribution in [-0.4, -0.2) is 45.0 Å². The van der Waals surface area contributed by atoms with Crippen LogP contribution in [0.15, 0.2) is 77.7 Å². The second-order valence-electron chi connectivity index (χ2n) is 10.2. The van der Waals surface area contributed by atoms with E-state index in [1.165, 1.54) is 0 Å². The number of carboxylic acids is 2. The lowest BCUT2D eigenvalue weighted by molar-refractivity contribution is -0.268. The fourth-order valence-electron chi connectivity index (χ4n) is 4.66. The highest BCUT2D eigenvalue weighted by Crippen LogP contribution is 2.43. The van der Waals surface area contributed by atoms with Crippen LogP contribution in [0.4, 0.5) is 0 Å². The van der Waals surface area contributed by atoms with Gasteiger partial charge >= 0.3 is 11.9 Å². The maximum Gasteiger partial charge on any atom is 0.335 e. The fraction of sp³-hybridized carbons (Fsp3) is 0.344. The SMILES string of the molecule is C[C@@H]1[C@H](CSc2ccc(C(=O)O)cc2)O[C@H](c2ccc(CNC(=O)CCCC(=O)O)cc2)O[C@@H]1c1ccc(CO)cc1. The number of ether oxygens (including phenoxy) is 2. The third-order valence-corrected chi connectivity index (χ3v) is 8.28. The van der Waals surface area contributed by atoms with Gasteiger partial charge in [-0.1, -0.05) is 55.5 Å². The highest BCUT2D eigenvalue weighted by atomic mass is 32.2. The molecule has 1 saturated heterocycles. The molecular weight excluding hydrogens is 558 g/mol. The molecular formula is C32H35NO8S. The first kappa shape index (κ1) is 31.2. The summed E-state index contributed by atoms with van der Waals surface area (Å²) < 4.78 is 13.0. The average Bonchev–Trinajstić information content (AvgIpc) is 3.00. The Bertz CT molecular complexity index is 1340. The number of amides is 1. The molecule has 0 bridgehead atoms. The molecule has 4 N–H and O–H groups in total. The van der Waals surface area contributed by atoms with Crippen molar-refractivity contribution in [3.05, 3.63) is 101 Å². The monoisotopic (exact) mass is 593 g/mol. The molecule has 0 radical (unpaired) electrons. The van der Waals surface area contributed by atoms with Crippen LogP contribution in [-0.2, 0) is 32.2 Å². The van der Waals surface area contributed by atoms with Crippen LogP contribution in [0.3, 0.4) is 0 Å². The predicted octanol–water partition coefficient (Wildman–Crippen LogP) is 5.33. The number of nitrogens with one attached hydrogen (secondary N) is 1. The van der Waals surface area contributed by atoms with E-state index < -0.39 is 18.2 Å². The standard InChI is InChI=1S/C32H35NO8S/c1-20-27(19-42-26-15-13-24(14-16-26)31(38)39)40-32(41-30(20)23-9-7-22(18-34)8-10-23)25-11-5-21(6-12-25)17-33-28(35)3-2-4-29(36)37/h5-16,20,27,30,32,34H,2-4,17-19H2,1H3,(H,33,35)(H,36,37)(H,38,39)/t20-,27+,30+,32+/m1/s1. The molecule has 3 aromatic carbocycles. The summed E-state index contributed by atoms with van der Waals surface area (Å²) in [6, 6.07) is 22.1. The largest absolute Gasteiger partial charge is 0.481 e. The number of hydrogen-bond acceptors (Lipinski definition) is 7. The number of aliphatic carboxylic acids is 1. The average molecular weight is 594 g/mol. The zero-order valence-corrected chi connectivity index (χ0v) is 24.1. The van der Waals surface area contributed by atoms with E-state index in [0.29, 0.717) is 18.7 Å². The van der Waals surface area contributed by atoms with Gasteiger partial charge in [0.15, 0.2) is 6.29 Å². The summed E-state index contributed by atoms with van der Waals surface area (Å²) >= 11 is 1.59. The van der Waals surface area contributed by atoms with Crippen molar-refractivity contribution in [1.29, 1.82) is 0 Å². The van der Waals surface area contributed by atoms with E-state index in [1.807, 2.05) is 48.5 Å². The number of benzene rings is 3. The molecule has 4 atom stereocenters. The van der Waals surface area contributed by atoms with Crippen LogP contribution in [0, 0.1) is 5.92 Å². The van der Waals surface area contributed by atoms with Gasteiger partial charge in [-0.05, 0) is 47.4 Å². The van der Waals surface area contributed by atoms with Crippen molar-refractivity contribution < 1.29 is 39.2 Å². The third kappa shape index (κ3) is 8.65. The Labute approximate surface area is 248 Å². The lowest BCUT2D eigenvalue weighted by Gasteiger charge is -2.41. The summed E-state index contributed by atoms with van der Waals surface area (Å²) in [6.07, 6.45) is -0.655. The Hall–Kier alpha value is -3.70. The number of hydrogen-bond donors (Lipinski definition) is 4. The van der Waals surface area contributed by atoms with Crippen LogP contribution in [0.1, 0.15) is 71.2 Å². The molecule has 0 aliphatic carbocycles. The number of thioether (sulfide) groups is 1. The minimum atomic E-state index is -0.963. The lowest BCUT2D eigenvalue weighted by Crippen LogP contribution is -2.38. The Morgan fingerprint density at radius 2 is 1.48 bits per heavy atom. The molecule has 1 fully saturated rings. The lowest BCUT2D eigenvalue weighted by atomic mass is 9.91. The second-order valence-corrected chi connectivity index (χ2v) is 11.3. The Balaban J connectivity index is 1.45. The summed E-state index contributed by atoms with van der Waals surface area (Å²) in [4.78, 5) is 34.8. The molecule has 42 heavy (non-hydrogen) atoms. The molecule has 1 heterocycles. The molecule has 0 aromatic heterocycles. The molecule has 3 aromatic rings. The van der Waals surface area contributed by atoms with Crippen molar-refractivity contribution in [1.82, 2.24) is 5.32 Å². The van der Waals surface area contributed by atoms with Crippen molar-refractivity contribution in [2.24, 2.45) is 5.92 Å². The number of aromatic carboxylic acids is 1. The van der Waals surface area contributed by atoms with Gasteiger partial charge in [-0.3, -0.25) is 9.59 Å². The number of aliphatic hydroxyl groups is 1. The van der Waals surface area contributed by atoms with Crippen molar-refractivity contribution in [2.45, 2.75) is 62.7 Å². The number of aliphatic hydroxyl groups excluding tert-OH is 1. The van der Waals surface area contributed by atoms with Crippen LogP contribution in [0.2, 0.25) is 0 Å². The molecule has 1 amide bonds. The quantitative estimate of drug-likeness (QED) is 0.193. The van der Waals surface area contributed by atoms with E-state index in [-0.39, 0.29) is 49.0 Å². The number of rotatable bonds is 13. The molecule has 222 valence electrons. The smallest absolute Gasteiger partial charge is 0.335 e. The molecule has 10 heteroatoms. The molecule has 0 spiro atoms. The second kappa shape index (κ2) is 15.0. The van der Waals surface area contributed by atoms with Crippen LogP contribution in [0.5, 0.6) is 0 Å². The Morgan fingerprint density at radius 3 is 2.10 bits per heavy atom. The van der Waals surface area contributed by atoms with E-state index >= 15 is 0 Å². The van der Waals surface area contributed by atoms with Crippen LogP contribution >= 0.6 is 11.8 Å². The third-order valence-electron chi connectivity index (χ3n) is 7.17. The molecule has 1 aliphatic heterocycles. The minimum absolute atomic E-state index is 0.00244. The van der Waals surface area contributed by atoms with Crippen molar-refractivity contribution in [2.75, 3.05) is 5.75 Å². The van der Waals surface area contributed by atoms with Gasteiger partial charge in [-0.15, -0.1) is 11.8 Å². The van der Waals surface area contributed by atoms with Gasteiger partial charge in [-0.25, -0.2) is 4.79 Å². The van der Waals surface area contributed by atoms with E-state index in [0.717, 1.165) is 27.1 Å². The van der Waals surface area contributed by atoms with E-state index in [9.17, 15) is 24.6 Å². The van der Waals surface area contributed by atoms with E-state index in [4.69, 9.17) is 14.6 Å². The van der Waals surface area contributed by atoms with E-state index in [1.54, 1.807) is 36.0 Å². The van der Waals surface area contributed by atoms with Gasteiger partial charge in [0, 0.05) is 41.5 Å². The molecule has 4 rings (SSSR count). The minimum Gasteiger partial charge on any atom is -0.481 e. The van der Waals surface area contributed by atoms with Crippen molar-refractivity contribution in [3.63, 3.8) is 0 Å². The van der Waals surface area contributed by atoms with Gasteiger partial charge in [0.05, 0.1) is 24.4 Å². The van der Waals surface area contributed by atoms with Crippen molar-refractivity contribution in [3.8, 4) is 0 Å². The zero-order valence-electron chi connectivity index (χ0n) is 23.3. The summed E-state index contributed by atoms with van der Waals surface area (Å²) in [7, 11) is 0. The maximum absolute atomic E-state index is 12.0. The maximum atomic E-state index is 12.0. The van der Waals surface area contributed by atoms with Crippen LogP contribution < -0.4 is 5.32 Å². The first-order chi connectivity index (χ1) is 20.2. The molecule has 1 aliphatic rings. The first-order valence-corrected chi connectivity index (χ1v) is 14.8. The first-order valence-electron chi connectivity index (χ1n) is 13.8. The molecule has 0 unspecified atom stereocenters. The number of carbonyl (C=O) groups excluding carboxylic acids is 1. The van der Waals surface area contributed by atoms with Crippen LogP contribution in [0.25, 0.3) is 0 Å². The molecule has 9 nitrogen and oxygen atoms in total. The number of carbonyl (C=O) groups is 3. The summed E-state index contributed by atoms with van der Waals surface area (Å²) in [5.74, 6) is -1.44. The van der Waals surface area contributed by atoms with Gasteiger partial charge < -0.3 is 30.1 Å². The predicted molar refractivity (Wildman–Crippen MR) is 157 cm³/mol. The van der Waals surface area contributed by atoms with Gasteiger partial charge in [0.2, 0.25) is 5.91 Å². The number of carboxylic acid groups (broad SMARTS) is 2. The Morgan fingerprint density at radius 1 is 0.833 bits per heavy atom. The summed E-state index contributed by atoms with van der Waals surface area (Å²) in [5.41, 5.74) is 3.76.